The van der Waals surface area contributed by atoms with Gasteiger partial charge in [0.05, 0.1) is 10.5 Å². The first-order valence-electron chi connectivity index (χ1n) is 8.88. The molecular formula is C20H26N2O5S. The van der Waals surface area contributed by atoms with Gasteiger partial charge >= 0.3 is 5.97 Å². The number of esters is 1. The summed E-state index contributed by atoms with van der Waals surface area (Å²) in [6.45, 7) is 6.81. The number of benzene rings is 1. The predicted molar refractivity (Wildman–Crippen MR) is 106 cm³/mol. The van der Waals surface area contributed by atoms with Gasteiger partial charge in [-0.15, -0.1) is 0 Å². The Labute approximate surface area is 166 Å². The Bertz CT molecular complexity index is 1010. The van der Waals surface area contributed by atoms with Crippen LogP contribution in [0, 0.1) is 13.8 Å². The van der Waals surface area contributed by atoms with Gasteiger partial charge < -0.3 is 9.30 Å². The molecule has 0 amide bonds. The molecule has 28 heavy (non-hydrogen) atoms. The Balaban J connectivity index is 2.15. The SMILES string of the molecule is Cc1cc(C(=O)COC(=O)c2cccc(S(=O)(=O)N(C)C(C)C)c2)c(C)n1C. The van der Waals surface area contributed by atoms with Crippen molar-refractivity contribution in [3.8, 4) is 0 Å². The number of Topliss-reactive ketones (excluding diaryl/α,β-unsaturated/α-hetero) is 1. The largest absolute Gasteiger partial charge is 0.454 e. The van der Waals surface area contributed by atoms with Gasteiger partial charge in [-0.2, -0.15) is 4.31 Å². The number of sulfonamides is 1. The quantitative estimate of drug-likeness (QED) is 0.521. The van der Waals surface area contributed by atoms with E-state index in [1.807, 2.05) is 25.5 Å². The summed E-state index contributed by atoms with van der Waals surface area (Å²) in [6, 6.07) is 7.14. The fourth-order valence-corrected chi connectivity index (χ4v) is 4.07. The molecule has 0 fully saturated rings. The van der Waals surface area contributed by atoms with Crippen LogP contribution in [0.15, 0.2) is 35.2 Å². The van der Waals surface area contributed by atoms with Gasteiger partial charge in [0, 0.05) is 37.1 Å². The monoisotopic (exact) mass is 406 g/mol. The molecule has 152 valence electrons. The van der Waals surface area contributed by atoms with Crippen LogP contribution in [0.1, 0.15) is 46.0 Å². The summed E-state index contributed by atoms with van der Waals surface area (Å²) in [5.74, 6) is -1.05. The third-order valence-electron chi connectivity index (χ3n) is 4.88. The van der Waals surface area contributed by atoms with Crippen molar-refractivity contribution in [2.75, 3.05) is 13.7 Å². The van der Waals surface area contributed by atoms with Crippen molar-refractivity contribution in [3.63, 3.8) is 0 Å². The molecule has 1 aromatic carbocycles. The molecule has 0 aliphatic heterocycles. The van der Waals surface area contributed by atoms with Gasteiger partial charge in [-0.1, -0.05) is 6.07 Å². The van der Waals surface area contributed by atoms with Gasteiger partial charge in [0.2, 0.25) is 15.8 Å². The maximum Gasteiger partial charge on any atom is 0.338 e. The average Bonchev–Trinajstić information content (AvgIpc) is 2.92. The van der Waals surface area contributed by atoms with E-state index >= 15 is 0 Å². The van der Waals surface area contributed by atoms with Crippen molar-refractivity contribution >= 4 is 21.8 Å². The molecule has 2 aromatic rings. The first-order chi connectivity index (χ1) is 13.0. The molecule has 8 heteroatoms. The van der Waals surface area contributed by atoms with E-state index in [0.717, 1.165) is 11.4 Å². The molecule has 0 saturated carbocycles. The van der Waals surface area contributed by atoms with E-state index in [0.29, 0.717) is 5.56 Å². The Morgan fingerprint density at radius 1 is 1.18 bits per heavy atom. The Morgan fingerprint density at radius 2 is 1.82 bits per heavy atom. The van der Waals surface area contributed by atoms with Crippen molar-refractivity contribution < 1.29 is 22.7 Å². The first-order valence-corrected chi connectivity index (χ1v) is 10.3. The van der Waals surface area contributed by atoms with Gasteiger partial charge in [-0.3, -0.25) is 4.79 Å². The second-order valence-electron chi connectivity index (χ2n) is 6.99. The minimum absolute atomic E-state index is 0.000921. The number of hydrogen-bond acceptors (Lipinski definition) is 5. The molecule has 1 heterocycles. The Kier molecular flexibility index (Phi) is 6.46. The number of ether oxygens (including phenoxy) is 1. The molecule has 0 N–H and O–H groups in total. The smallest absolute Gasteiger partial charge is 0.338 e. The van der Waals surface area contributed by atoms with E-state index < -0.39 is 22.6 Å². The minimum Gasteiger partial charge on any atom is -0.454 e. The van der Waals surface area contributed by atoms with Crippen LogP contribution in [0.3, 0.4) is 0 Å². The summed E-state index contributed by atoms with van der Waals surface area (Å²) in [5.41, 5.74) is 2.30. The predicted octanol–water partition coefficient (Wildman–Crippen LogP) is 2.71. The van der Waals surface area contributed by atoms with E-state index in [2.05, 4.69) is 0 Å². The molecule has 0 bridgehead atoms. The highest BCUT2D eigenvalue weighted by Crippen LogP contribution is 2.19. The van der Waals surface area contributed by atoms with E-state index in [-0.39, 0.29) is 22.3 Å². The number of nitrogens with zero attached hydrogens (tertiary/aromatic N) is 2. The maximum atomic E-state index is 12.6. The van der Waals surface area contributed by atoms with Crippen LogP contribution in [-0.4, -0.2) is 48.7 Å². The number of aromatic nitrogens is 1. The fraction of sp³-hybridized carbons (Fsp3) is 0.400. The minimum atomic E-state index is -3.72. The van der Waals surface area contributed by atoms with Crippen LogP contribution in [0.4, 0.5) is 0 Å². The van der Waals surface area contributed by atoms with E-state index in [1.165, 1.54) is 35.6 Å². The summed E-state index contributed by atoms with van der Waals surface area (Å²) in [5, 5.41) is 0. The highest BCUT2D eigenvalue weighted by atomic mass is 32.2. The molecule has 0 aliphatic rings. The number of ketones is 1. The van der Waals surface area contributed by atoms with Crippen molar-refractivity contribution in [3.05, 3.63) is 52.8 Å². The molecule has 7 nitrogen and oxygen atoms in total. The lowest BCUT2D eigenvalue weighted by molar-refractivity contribution is 0.0474. The summed E-state index contributed by atoms with van der Waals surface area (Å²) in [7, 11) is -0.386. The number of carbonyl (C=O) groups excluding carboxylic acids is 2. The molecule has 0 unspecified atom stereocenters. The van der Waals surface area contributed by atoms with Crippen molar-refractivity contribution in [2.45, 2.75) is 38.6 Å². The summed E-state index contributed by atoms with van der Waals surface area (Å²) >= 11 is 0. The van der Waals surface area contributed by atoms with Crippen molar-refractivity contribution in [1.82, 2.24) is 8.87 Å². The van der Waals surface area contributed by atoms with Crippen LogP contribution in [0.5, 0.6) is 0 Å². The number of carbonyl (C=O) groups is 2. The Morgan fingerprint density at radius 3 is 2.36 bits per heavy atom. The maximum absolute atomic E-state index is 12.6. The highest BCUT2D eigenvalue weighted by molar-refractivity contribution is 7.89. The summed E-state index contributed by atoms with van der Waals surface area (Å²) in [6.07, 6.45) is 0. The topological polar surface area (TPSA) is 85.7 Å². The molecule has 0 atom stereocenters. The third-order valence-corrected chi connectivity index (χ3v) is 6.91. The zero-order chi connectivity index (χ0) is 21.2. The molecule has 0 saturated heterocycles. The molecule has 2 rings (SSSR count). The normalized spacial score (nSPS) is 11.9. The van der Waals surface area contributed by atoms with Crippen LogP contribution in [-0.2, 0) is 21.8 Å². The third kappa shape index (κ3) is 4.34. The zero-order valence-electron chi connectivity index (χ0n) is 17.0. The molecule has 0 spiro atoms. The standard InChI is InChI=1S/C20H26N2O5S/c1-13(2)22(6)28(25,26)17-9-7-8-16(11-17)20(24)27-12-19(23)18-10-14(3)21(5)15(18)4/h7-11,13H,12H2,1-6H3. The molecule has 0 radical (unpaired) electrons. The lowest BCUT2D eigenvalue weighted by Gasteiger charge is -2.21. The number of rotatable bonds is 7. The van der Waals surface area contributed by atoms with Crippen molar-refractivity contribution in [1.29, 1.82) is 0 Å². The van der Waals surface area contributed by atoms with Crippen LogP contribution in [0.2, 0.25) is 0 Å². The van der Waals surface area contributed by atoms with Crippen molar-refractivity contribution in [2.24, 2.45) is 7.05 Å². The second-order valence-corrected chi connectivity index (χ2v) is 8.98. The second kappa shape index (κ2) is 8.28. The number of aryl methyl sites for hydroxylation is 1. The molecular weight excluding hydrogens is 380 g/mol. The molecule has 0 aliphatic carbocycles. The van der Waals surface area contributed by atoms with Crippen LogP contribution in [0.25, 0.3) is 0 Å². The van der Waals surface area contributed by atoms with Crippen LogP contribution < -0.4 is 0 Å². The zero-order valence-corrected chi connectivity index (χ0v) is 17.8. The fourth-order valence-electron chi connectivity index (χ4n) is 2.66. The Hall–Kier alpha value is -2.45. The first kappa shape index (κ1) is 21.8. The van der Waals surface area contributed by atoms with Gasteiger partial charge in [0.1, 0.15) is 0 Å². The van der Waals surface area contributed by atoms with Gasteiger partial charge in [-0.05, 0) is 52.0 Å². The average molecular weight is 407 g/mol. The van der Waals surface area contributed by atoms with Crippen LogP contribution >= 0.6 is 0 Å². The lowest BCUT2D eigenvalue weighted by atomic mass is 10.1. The van der Waals surface area contributed by atoms with E-state index in [4.69, 9.17) is 4.74 Å². The summed E-state index contributed by atoms with van der Waals surface area (Å²) in [4.78, 5) is 24.7. The molecule has 1 aromatic heterocycles. The van der Waals surface area contributed by atoms with E-state index in [9.17, 15) is 18.0 Å². The van der Waals surface area contributed by atoms with Gasteiger partial charge in [0.25, 0.3) is 0 Å². The van der Waals surface area contributed by atoms with Gasteiger partial charge in [0.15, 0.2) is 6.61 Å². The van der Waals surface area contributed by atoms with Gasteiger partial charge in [-0.25, -0.2) is 13.2 Å². The number of hydrogen-bond donors (Lipinski definition) is 0. The van der Waals surface area contributed by atoms with E-state index in [1.54, 1.807) is 19.9 Å². The summed E-state index contributed by atoms with van der Waals surface area (Å²) < 4.78 is 33.4. The highest BCUT2D eigenvalue weighted by Gasteiger charge is 2.24. The lowest BCUT2D eigenvalue weighted by Crippen LogP contribution is -2.33.